The molecule has 0 heterocycles. The lowest BCUT2D eigenvalue weighted by Crippen LogP contribution is -1.92. The third kappa shape index (κ3) is 6.11. The normalized spacial score (nSPS) is 7.00. The second-order valence-corrected chi connectivity index (χ2v) is 2.09. The molecule has 0 atom stereocenters. The zero-order valence-corrected chi connectivity index (χ0v) is 7.84. The second-order valence-electron chi connectivity index (χ2n) is 0.930. The first-order chi connectivity index (χ1) is 2.81. The molecular formula is C4H11OSSi. The molecule has 0 aliphatic rings. The maximum Gasteiger partial charge on any atom is 0.155 e. The molecule has 43 valence electrons. The van der Waals surface area contributed by atoms with Gasteiger partial charge in [0.2, 0.25) is 0 Å². The molecule has 0 aliphatic heterocycles. The molecule has 0 aromatic heterocycles. The zero-order chi connectivity index (χ0) is 4.99. The van der Waals surface area contributed by atoms with Crippen molar-refractivity contribution in [3.63, 3.8) is 0 Å². The van der Waals surface area contributed by atoms with Crippen molar-refractivity contribution in [3.8, 4) is 0 Å². The lowest BCUT2D eigenvalue weighted by Gasteiger charge is -1.91. The Bertz CT molecular complexity index is 49.7. The van der Waals surface area contributed by atoms with Crippen LogP contribution in [0.15, 0.2) is 0 Å². The van der Waals surface area contributed by atoms with Crippen molar-refractivity contribution in [1.29, 1.82) is 0 Å². The average molecular weight is 135 g/mol. The second kappa shape index (κ2) is 6.11. The Balaban J connectivity index is 0. The molecule has 0 saturated carbocycles. The van der Waals surface area contributed by atoms with Crippen LogP contribution in [0.25, 0.3) is 0 Å². The molecule has 0 saturated heterocycles. The largest absolute Gasteiger partial charge is 0.491 e. The van der Waals surface area contributed by atoms with Crippen LogP contribution in [0.4, 0.5) is 0 Å². The van der Waals surface area contributed by atoms with Crippen LogP contribution in [0.3, 0.4) is 0 Å². The van der Waals surface area contributed by atoms with E-state index in [4.69, 9.17) is 0 Å². The van der Waals surface area contributed by atoms with Crippen LogP contribution < -0.4 is 0 Å². The molecule has 0 aromatic carbocycles. The average Bonchev–Trinajstić information content (AvgIpc) is 1.65. The van der Waals surface area contributed by atoms with Crippen molar-refractivity contribution < 1.29 is 4.74 Å². The minimum absolute atomic E-state index is 0. The van der Waals surface area contributed by atoms with Gasteiger partial charge in [-0.15, -0.1) is 0 Å². The molecular weight excluding hydrogens is 124 g/mol. The monoisotopic (exact) mass is 135 g/mol. The predicted octanol–water partition coefficient (Wildman–Crippen LogP) is 0.194. The van der Waals surface area contributed by atoms with Crippen LogP contribution in [0.2, 0.25) is 6.04 Å². The Morgan fingerprint density at radius 2 is 2.29 bits per heavy atom. The summed E-state index contributed by atoms with van der Waals surface area (Å²) >= 11 is 4.67. The first-order valence-electron chi connectivity index (χ1n) is 1.88. The van der Waals surface area contributed by atoms with Crippen molar-refractivity contribution in [2.45, 2.75) is 6.04 Å². The smallest absolute Gasteiger partial charge is 0.155 e. The molecule has 1 nitrogen and oxygen atoms in total. The van der Waals surface area contributed by atoms with Crippen LogP contribution in [0, 0.1) is 7.43 Å². The van der Waals surface area contributed by atoms with E-state index in [9.17, 15) is 0 Å². The van der Waals surface area contributed by atoms with Crippen LogP contribution in [0.1, 0.15) is 0 Å². The summed E-state index contributed by atoms with van der Waals surface area (Å²) < 4.78 is 4.67. The van der Waals surface area contributed by atoms with Gasteiger partial charge >= 0.3 is 0 Å². The molecule has 0 N–H and O–H groups in total. The van der Waals surface area contributed by atoms with Gasteiger partial charge in [0.15, 0.2) is 5.05 Å². The molecule has 3 heteroatoms. The van der Waals surface area contributed by atoms with E-state index in [-0.39, 0.29) is 7.43 Å². The third-order valence-corrected chi connectivity index (χ3v) is 2.13. The van der Waals surface area contributed by atoms with Crippen molar-refractivity contribution in [2.24, 2.45) is 0 Å². The maximum absolute atomic E-state index is 4.67. The third-order valence-electron chi connectivity index (χ3n) is 0.516. The van der Waals surface area contributed by atoms with Gasteiger partial charge in [0.05, 0.1) is 7.11 Å². The summed E-state index contributed by atoms with van der Waals surface area (Å²) in [4.78, 5) is 0. The first kappa shape index (κ1) is 10.2. The van der Waals surface area contributed by atoms with Crippen molar-refractivity contribution in [1.82, 2.24) is 0 Å². The quantitative estimate of drug-likeness (QED) is 0.375. The van der Waals surface area contributed by atoms with Gasteiger partial charge in [-0.2, -0.15) is 0 Å². The van der Waals surface area contributed by atoms with Gasteiger partial charge in [0.25, 0.3) is 0 Å². The topological polar surface area (TPSA) is 9.23 Å². The molecule has 1 radical (unpaired) electrons. The zero-order valence-electron chi connectivity index (χ0n) is 5.02. The number of ether oxygens (including phenoxy) is 1. The highest BCUT2D eigenvalue weighted by Crippen LogP contribution is 1.79. The van der Waals surface area contributed by atoms with Gasteiger partial charge in [-0.1, -0.05) is 7.43 Å². The highest BCUT2D eigenvalue weighted by molar-refractivity contribution is 7.80. The number of hydrogen-bond acceptors (Lipinski definition) is 2. The molecule has 0 aliphatic carbocycles. The minimum atomic E-state index is 0. The Kier molecular flexibility index (Phi) is 8.87. The van der Waals surface area contributed by atoms with Crippen LogP contribution >= 0.6 is 12.2 Å². The molecule has 0 bridgehead atoms. The van der Waals surface area contributed by atoms with E-state index in [0.29, 0.717) is 0 Å². The van der Waals surface area contributed by atoms with E-state index in [2.05, 4.69) is 17.0 Å². The molecule has 0 rings (SSSR count). The van der Waals surface area contributed by atoms with Crippen molar-refractivity contribution in [2.75, 3.05) is 7.11 Å². The highest BCUT2D eigenvalue weighted by atomic mass is 32.1. The molecule has 0 aromatic rings. The Morgan fingerprint density at radius 1 is 1.86 bits per heavy atom. The van der Waals surface area contributed by atoms with Crippen LogP contribution in [0.5, 0.6) is 0 Å². The maximum atomic E-state index is 4.67. The number of thiocarbonyl (C=S) groups is 1. The molecule has 7 heavy (non-hydrogen) atoms. The molecule has 0 fully saturated rings. The Labute approximate surface area is 53.5 Å². The number of methoxy groups -OCH3 is 1. The fourth-order valence-electron chi connectivity index (χ4n) is 0.144. The summed E-state index contributed by atoms with van der Waals surface area (Å²) in [6.45, 7) is 0. The molecule has 0 unspecified atom stereocenters. The summed E-state index contributed by atoms with van der Waals surface area (Å²) in [6.07, 6.45) is 0. The highest BCUT2D eigenvalue weighted by Gasteiger charge is 1.81. The van der Waals surface area contributed by atoms with Gasteiger partial charge in [-0.25, -0.2) is 0 Å². The summed E-state index contributed by atoms with van der Waals surface area (Å²) in [6, 6.07) is 0.978. The number of rotatable bonds is 1. The molecule has 0 amide bonds. The van der Waals surface area contributed by atoms with E-state index >= 15 is 0 Å². The van der Waals surface area contributed by atoms with E-state index < -0.39 is 0 Å². The van der Waals surface area contributed by atoms with Gasteiger partial charge in [-0.3, -0.25) is 0 Å². The summed E-state index contributed by atoms with van der Waals surface area (Å²) in [5.74, 6) is 0. The van der Waals surface area contributed by atoms with E-state index in [1.807, 2.05) is 0 Å². The van der Waals surface area contributed by atoms with Crippen LogP contribution in [-0.4, -0.2) is 22.4 Å². The van der Waals surface area contributed by atoms with Gasteiger partial charge in [0.1, 0.15) is 0 Å². The summed E-state index contributed by atoms with van der Waals surface area (Å²) in [5.41, 5.74) is 0. The fraction of sp³-hybridized carbons (Fsp3) is 0.500. The lowest BCUT2D eigenvalue weighted by molar-refractivity contribution is 0.411. The first-order valence-corrected chi connectivity index (χ1v) is 3.70. The summed E-state index contributed by atoms with van der Waals surface area (Å²) in [5, 5.41) is 0.738. The fourth-order valence-corrected chi connectivity index (χ4v) is 0.433. The summed E-state index contributed by atoms with van der Waals surface area (Å²) in [7, 11) is 2.73. The minimum Gasteiger partial charge on any atom is -0.491 e. The Hall–Kier alpha value is 0.107. The van der Waals surface area contributed by atoms with E-state index in [1.165, 1.54) is 0 Å². The van der Waals surface area contributed by atoms with Crippen molar-refractivity contribution in [3.05, 3.63) is 7.43 Å². The lowest BCUT2D eigenvalue weighted by atomic mass is 10.8. The van der Waals surface area contributed by atoms with Gasteiger partial charge < -0.3 is 4.74 Å². The predicted molar refractivity (Wildman–Crippen MR) is 40.8 cm³/mol. The van der Waals surface area contributed by atoms with E-state index in [0.717, 1.165) is 21.3 Å². The van der Waals surface area contributed by atoms with Gasteiger partial charge in [-0.05, 0) is 12.2 Å². The van der Waals surface area contributed by atoms with Crippen molar-refractivity contribution >= 4 is 27.5 Å². The SMILES string of the molecule is COC(=S)C[SiH3].[CH3]. The standard InChI is InChI=1S/C3H8OSSi.CH3/c1-4-3(5)2-6;/h2H2,1,6H3;1H3. The van der Waals surface area contributed by atoms with Crippen LogP contribution in [-0.2, 0) is 4.74 Å². The molecule has 0 spiro atoms. The van der Waals surface area contributed by atoms with E-state index in [1.54, 1.807) is 7.11 Å². The number of hydrogen-bond donors (Lipinski definition) is 0. The van der Waals surface area contributed by atoms with Gasteiger partial charge in [0, 0.05) is 16.3 Å². The Morgan fingerprint density at radius 3 is 2.29 bits per heavy atom.